The normalized spacial score (nSPS) is 12.6. The van der Waals surface area contributed by atoms with Crippen LogP contribution in [-0.2, 0) is 4.74 Å². The third kappa shape index (κ3) is 3.47. The molecule has 110 valence electrons. The molecule has 0 spiro atoms. The first kappa shape index (κ1) is 15.2. The van der Waals surface area contributed by atoms with E-state index in [2.05, 4.69) is 21.6 Å². The van der Waals surface area contributed by atoms with Crippen molar-refractivity contribution in [1.82, 2.24) is 9.36 Å². The fraction of sp³-hybridized carbons (Fsp3) is 0.538. The van der Waals surface area contributed by atoms with Crippen molar-refractivity contribution in [2.45, 2.75) is 32.7 Å². The predicted octanol–water partition coefficient (Wildman–Crippen LogP) is 3.38. The van der Waals surface area contributed by atoms with Gasteiger partial charge in [-0.25, -0.2) is 4.98 Å². The molecule has 0 aliphatic heterocycles. The third-order valence-electron chi connectivity index (χ3n) is 2.89. The number of nitrogens with two attached hydrogens (primary N) is 1. The van der Waals surface area contributed by atoms with Crippen LogP contribution in [0.5, 0.6) is 0 Å². The van der Waals surface area contributed by atoms with Gasteiger partial charge in [0, 0.05) is 18.2 Å². The van der Waals surface area contributed by atoms with Crippen LogP contribution in [0.25, 0.3) is 10.6 Å². The summed E-state index contributed by atoms with van der Waals surface area (Å²) in [7, 11) is 1.72. The van der Waals surface area contributed by atoms with Crippen molar-refractivity contribution in [2.75, 3.05) is 24.8 Å². The molecule has 0 saturated heterocycles. The number of nitrogen functional groups attached to an aromatic ring is 1. The maximum absolute atomic E-state index is 6.00. The summed E-state index contributed by atoms with van der Waals surface area (Å²) >= 11 is 2.98. The number of ether oxygens (including phenoxy) is 1. The van der Waals surface area contributed by atoms with Crippen LogP contribution in [-0.4, -0.2) is 29.1 Å². The van der Waals surface area contributed by atoms with Gasteiger partial charge in [0.15, 0.2) is 0 Å². The summed E-state index contributed by atoms with van der Waals surface area (Å²) in [4.78, 5) is 4.51. The number of rotatable bonds is 7. The number of nitrogens with one attached hydrogen (secondary N) is 1. The lowest BCUT2D eigenvalue weighted by Crippen LogP contribution is -2.24. The van der Waals surface area contributed by atoms with E-state index in [-0.39, 0.29) is 6.04 Å². The molecule has 0 saturated carbocycles. The maximum atomic E-state index is 6.00. The highest BCUT2D eigenvalue weighted by Gasteiger charge is 2.19. The van der Waals surface area contributed by atoms with Crippen LogP contribution >= 0.6 is 22.9 Å². The Morgan fingerprint density at radius 3 is 2.90 bits per heavy atom. The van der Waals surface area contributed by atoms with Crippen LogP contribution < -0.4 is 11.1 Å². The Balaban J connectivity index is 2.24. The van der Waals surface area contributed by atoms with Crippen molar-refractivity contribution in [1.29, 1.82) is 0 Å². The molecule has 5 nitrogen and oxygen atoms in total. The quantitative estimate of drug-likeness (QED) is 0.820. The Morgan fingerprint density at radius 1 is 1.50 bits per heavy atom. The molecule has 2 rings (SSSR count). The predicted molar refractivity (Wildman–Crippen MR) is 86.6 cm³/mol. The summed E-state index contributed by atoms with van der Waals surface area (Å²) < 4.78 is 9.52. The summed E-state index contributed by atoms with van der Waals surface area (Å²) in [5, 5.41) is 7.42. The lowest BCUT2D eigenvalue weighted by Gasteiger charge is -2.17. The van der Waals surface area contributed by atoms with Gasteiger partial charge in [-0.2, -0.15) is 4.37 Å². The van der Waals surface area contributed by atoms with Crippen molar-refractivity contribution in [3.05, 3.63) is 11.1 Å². The number of aryl methyl sites for hydroxylation is 1. The van der Waals surface area contributed by atoms with Crippen LogP contribution in [0.2, 0.25) is 0 Å². The van der Waals surface area contributed by atoms with E-state index in [1.165, 1.54) is 11.5 Å². The van der Waals surface area contributed by atoms with E-state index in [0.29, 0.717) is 12.4 Å². The van der Waals surface area contributed by atoms with Gasteiger partial charge in [-0.05, 0) is 24.9 Å². The summed E-state index contributed by atoms with van der Waals surface area (Å²) in [5.74, 6) is 0.541. The van der Waals surface area contributed by atoms with Gasteiger partial charge in [-0.3, -0.25) is 0 Å². The van der Waals surface area contributed by atoms with Gasteiger partial charge in [-0.15, -0.1) is 11.3 Å². The molecule has 3 N–H and O–H groups in total. The molecular weight excluding hydrogens is 292 g/mol. The van der Waals surface area contributed by atoms with E-state index in [0.717, 1.165) is 34.1 Å². The van der Waals surface area contributed by atoms with Gasteiger partial charge in [0.05, 0.1) is 18.2 Å². The highest BCUT2D eigenvalue weighted by atomic mass is 32.1. The van der Waals surface area contributed by atoms with E-state index in [9.17, 15) is 0 Å². The van der Waals surface area contributed by atoms with Gasteiger partial charge in [0.2, 0.25) is 0 Å². The summed E-state index contributed by atoms with van der Waals surface area (Å²) in [6.07, 6.45) is 2.14. The molecule has 0 aliphatic rings. The first-order chi connectivity index (χ1) is 9.65. The SMILES string of the molecule is CCCC(COC)Nc1snc(N)c1-c1nc(C)cs1. The van der Waals surface area contributed by atoms with Gasteiger partial charge in [0.1, 0.15) is 15.8 Å². The lowest BCUT2D eigenvalue weighted by atomic mass is 10.2. The van der Waals surface area contributed by atoms with Crippen molar-refractivity contribution in [2.24, 2.45) is 0 Å². The highest BCUT2D eigenvalue weighted by molar-refractivity contribution is 7.15. The average Bonchev–Trinajstić information content (AvgIpc) is 2.97. The molecule has 7 heteroatoms. The first-order valence-corrected chi connectivity index (χ1v) is 8.24. The zero-order valence-corrected chi connectivity index (χ0v) is 13.6. The second kappa shape index (κ2) is 7.01. The molecule has 1 atom stereocenters. The minimum atomic E-state index is 0.268. The standard InChI is InChI=1S/C13H20N4OS2/c1-4-5-9(6-18-3)16-13-10(11(14)17-20-13)12-15-8(2)7-19-12/h7,9,16H,4-6H2,1-3H3,(H2,14,17). The molecule has 1 unspecified atom stereocenters. The molecule has 2 aromatic heterocycles. The Morgan fingerprint density at radius 2 is 2.30 bits per heavy atom. The topological polar surface area (TPSA) is 73.1 Å². The molecule has 2 heterocycles. The fourth-order valence-corrected chi connectivity index (χ4v) is 3.72. The fourth-order valence-electron chi connectivity index (χ4n) is 2.01. The van der Waals surface area contributed by atoms with Gasteiger partial charge >= 0.3 is 0 Å². The summed E-state index contributed by atoms with van der Waals surface area (Å²) in [6.45, 7) is 4.81. The van der Waals surface area contributed by atoms with Crippen LogP contribution in [0.15, 0.2) is 5.38 Å². The Bertz CT molecular complexity index is 546. The molecule has 0 aromatic carbocycles. The van der Waals surface area contributed by atoms with Crippen LogP contribution in [0.1, 0.15) is 25.5 Å². The lowest BCUT2D eigenvalue weighted by molar-refractivity contribution is 0.182. The van der Waals surface area contributed by atoms with Crippen molar-refractivity contribution < 1.29 is 4.74 Å². The monoisotopic (exact) mass is 312 g/mol. The molecule has 0 radical (unpaired) electrons. The number of thiazole rings is 1. The number of hydrogen-bond acceptors (Lipinski definition) is 7. The minimum absolute atomic E-state index is 0.268. The number of aromatic nitrogens is 2. The van der Waals surface area contributed by atoms with E-state index in [1.807, 2.05) is 12.3 Å². The van der Waals surface area contributed by atoms with Crippen LogP contribution in [0.3, 0.4) is 0 Å². The van der Waals surface area contributed by atoms with E-state index < -0.39 is 0 Å². The highest BCUT2D eigenvalue weighted by Crippen LogP contribution is 2.38. The molecule has 0 fully saturated rings. The van der Waals surface area contributed by atoms with Gasteiger partial charge in [0.25, 0.3) is 0 Å². The van der Waals surface area contributed by atoms with Crippen molar-refractivity contribution >= 4 is 33.7 Å². The molecule has 0 aliphatic carbocycles. The zero-order valence-electron chi connectivity index (χ0n) is 12.0. The van der Waals surface area contributed by atoms with E-state index >= 15 is 0 Å². The molecule has 20 heavy (non-hydrogen) atoms. The van der Waals surface area contributed by atoms with E-state index in [4.69, 9.17) is 10.5 Å². The smallest absolute Gasteiger partial charge is 0.149 e. The molecule has 2 aromatic rings. The number of nitrogens with zero attached hydrogens (tertiary/aromatic N) is 2. The maximum Gasteiger partial charge on any atom is 0.149 e. The average molecular weight is 312 g/mol. The number of methoxy groups -OCH3 is 1. The Hall–Kier alpha value is -1.18. The Labute approximate surface area is 127 Å². The van der Waals surface area contributed by atoms with E-state index in [1.54, 1.807) is 18.4 Å². The largest absolute Gasteiger partial charge is 0.383 e. The summed E-state index contributed by atoms with van der Waals surface area (Å²) in [5.41, 5.74) is 7.93. The molecule has 0 amide bonds. The number of anilines is 2. The van der Waals surface area contributed by atoms with Gasteiger partial charge in [-0.1, -0.05) is 13.3 Å². The number of hydrogen-bond donors (Lipinski definition) is 2. The minimum Gasteiger partial charge on any atom is -0.383 e. The van der Waals surface area contributed by atoms with Crippen LogP contribution in [0, 0.1) is 6.92 Å². The Kier molecular flexibility index (Phi) is 5.33. The van der Waals surface area contributed by atoms with Gasteiger partial charge < -0.3 is 15.8 Å². The third-order valence-corrected chi connectivity index (χ3v) is 4.66. The van der Waals surface area contributed by atoms with Crippen molar-refractivity contribution in [3.63, 3.8) is 0 Å². The summed E-state index contributed by atoms with van der Waals surface area (Å²) in [6, 6.07) is 0.268. The zero-order chi connectivity index (χ0) is 14.5. The second-order valence-electron chi connectivity index (χ2n) is 4.65. The van der Waals surface area contributed by atoms with Crippen molar-refractivity contribution in [3.8, 4) is 10.6 Å². The first-order valence-electron chi connectivity index (χ1n) is 6.58. The molecular formula is C13H20N4OS2. The second-order valence-corrected chi connectivity index (χ2v) is 6.28. The van der Waals surface area contributed by atoms with Crippen LogP contribution in [0.4, 0.5) is 10.8 Å². The molecule has 0 bridgehead atoms.